The number of ether oxygens (including phenoxy) is 2. The van der Waals surface area contributed by atoms with E-state index in [0.29, 0.717) is 19.1 Å². The molecule has 2 aliphatic carbocycles. The first-order valence-electron chi connectivity index (χ1n) is 9.08. The molecule has 3 aliphatic rings. The third-order valence-corrected chi connectivity index (χ3v) is 6.48. The van der Waals surface area contributed by atoms with E-state index in [4.69, 9.17) is 9.47 Å². The zero-order chi connectivity index (χ0) is 16.6. The molecule has 0 bridgehead atoms. The van der Waals surface area contributed by atoms with Gasteiger partial charge in [0.2, 0.25) is 0 Å². The Labute approximate surface area is 143 Å². The molecule has 0 saturated heterocycles. The SMILES string of the molecule is CC1Cc2cc3c(cc2C1C)C(C)(C)c1cc2c(cc1-3)OCCO2. The second-order valence-corrected chi connectivity index (χ2v) is 8.23. The summed E-state index contributed by atoms with van der Waals surface area (Å²) in [6.07, 6.45) is 1.20. The van der Waals surface area contributed by atoms with Crippen LogP contribution < -0.4 is 9.47 Å². The lowest BCUT2D eigenvalue weighted by molar-refractivity contribution is 0.171. The fourth-order valence-electron chi connectivity index (χ4n) is 4.81. The quantitative estimate of drug-likeness (QED) is 0.675. The van der Waals surface area contributed by atoms with Gasteiger partial charge in [0.1, 0.15) is 13.2 Å². The molecule has 2 aromatic carbocycles. The molecule has 124 valence electrons. The van der Waals surface area contributed by atoms with Crippen LogP contribution in [0.15, 0.2) is 24.3 Å². The second-order valence-electron chi connectivity index (χ2n) is 8.23. The van der Waals surface area contributed by atoms with Crippen LogP contribution in [0.2, 0.25) is 0 Å². The van der Waals surface area contributed by atoms with Crippen LogP contribution >= 0.6 is 0 Å². The minimum Gasteiger partial charge on any atom is -0.486 e. The molecule has 2 nitrogen and oxygen atoms in total. The van der Waals surface area contributed by atoms with Crippen LogP contribution in [0.5, 0.6) is 11.5 Å². The molecule has 5 rings (SSSR count). The third-order valence-electron chi connectivity index (χ3n) is 6.48. The number of hydrogen-bond donors (Lipinski definition) is 0. The van der Waals surface area contributed by atoms with Crippen LogP contribution in [-0.4, -0.2) is 13.2 Å². The molecule has 1 heterocycles. The van der Waals surface area contributed by atoms with Crippen LogP contribution in [0.3, 0.4) is 0 Å². The van der Waals surface area contributed by atoms with Crippen LogP contribution in [-0.2, 0) is 11.8 Å². The van der Waals surface area contributed by atoms with Gasteiger partial charge in [-0.3, -0.25) is 0 Å². The second kappa shape index (κ2) is 4.56. The summed E-state index contributed by atoms with van der Waals surface area (Å²) in [5.41, 5.74) is 8.65. The summed E-state index contributed by atoms with van der Waals surface area (Å²) in [7, 11) is 0. The highest BCUT2D eigenvalue weighted by Gasteiger charge is 2.39. The highest BCUT2D eigenvalue weighted by Crippen LogP contribution is 2.54. The van der Waals surface area contributed by atoms with Gasteiger partial charge in [-0.1, -0.05) is 39.8 Å². The molecule has 2 unspecified atom stereocenters. The summed E-state index contributed by atoms with van der Waals surface area (Å²) < 4.78 is 11.7. The Balaban J connectivity index is 1.75. The molecule has 0 spiro atoms. The summed E-state index contributed by atoms with van der Waals surface area (Å²) >= 11 is 0. The van der Waals surface area contributed by atoms with Gasteiger partial charge in [0.25, 0.3) is 0 Å². The zero-order valence-corrected chi connectivity index (χ0v) is 14.9. The standard InChI is InChI=1S/C22H24O2/c1-12-7-14-8-16-17-10-20-21(24-6-5-23-20)11-19(17)22(3,4)18(16)9-15(14)13(12)2/h8-13H,5-7H2,1-4H3. The average molecular weight is 320 g/mol. The van der Waals surface area contributed by atoms with Gasteiger partial charge in [0.05, 0.1) is 0 Å². The molecule has 0 fully saturated rings. The maximum absolute atomic E-state index is 5.83. The van der Waals surface area contributed by atoms with E-state index in [1.807, 2.05) is 0 Å². The molecule has 1 aliphatic heterocycles. The molecule has 0 radical (unpaired) electrons. The molecule has 0 amide bonds. The normalized spacial score (nSPS) is 25.2. The van der Waals surface area contributed by atoms with E-state index in [-0.39, 0.29) is 5.41 Å². The molecule has 2 aromatic rings. The van der Waals surface area contributed by atoms with Gasteiger partial charge in [-0.15, -0.1) is 0 Å². The lowest BCUT2D eigenvalue weighted by Gasteiger charge is -2.25. The van der Waals surface area contributed by atoms with Crippen molar-refractivity contribution >= 4 is 0 Å². The highest BCUT2D eigenvalue weighted by molar-refractivity contribution is 5.84. The Morgan fingerprint density at radius 3 is 2.25 bits per heavy atom. The Bertz CT molecular complexity index is 863. The lowest BCUT2D eigenvalue weighted by Crippen LogP contribution is -2.18. The average Bonchev–Trinajstić information content (AvgIpc) is 2.97. The number of hydrogen-bond acceptors (Lipinski definition) is 2. The Kier molecular flexibility index (Phi) is 2.73. The minimum atomic E-state index is 0.0150. The monoisotopic (exact) mass is 320 g/mol. The fourth-order valence-corrected chi connectivity index (χ4v) is 4.81. The van der Waals surface area contributed by atoms with Crippen molar-refractivity contribution in [2.45, 2.75) is 45.4 Å². The number of rotatable bonds is 0. The number of benzene rings is 2. The van der Waals surface area contributed by atoms with Gasteiger partial charge in [-0.25, -0.2) is 0 Å². The molecule has 0 N–H and O–H groups in total. The van der Waals surface area contributed by atoms with Gasteiger partial charge in [0.15, 0.2) is 11.5 Å². The summed E-state index contributed by atoms with van der Waals surface area (Å²) in [6.45, 7) is 10.7. The van der Waals surface area contributed by atoms with Crippen molar-refractivity contribution < 1.29 is 9.47 Å². The van der Waals surface area contributed by atoms with Gasteiger partial charge >= 0.3 is 0 Å². The number of fused-ring (bicyclic) bond motifs is 5. The van der Waals surface area contributed by atoms with E-state index in [0.717, 1.165) is 17.4 Å². The topological polar surface area (TPSA) is 18.5 Å². The first kappa shape index (κ1) is 14.4. The summed E-state index contributed by atoms with van der Waals surface area (Å²) in [5.74, 6) is 3.19. The van der Waals surface area contributed by atoms with E-state index in [9.17, 15) is 0 Å². The van der Waals surface area contributed by atoms with Crippen molar-refractivity contribution in [2.75, 3.05) is 13.2 Å². The van der Waals surface area contributed by atoms with Crippen molar-refractivity contribution in [1.29, 1.82) is 0 Å². The summed E-state index contributed by atoms with van der Waals surface area (Å²) in [4.78, 5) is 0. The minimum absolute atomic E-state index is 0.0150. The van der Waals surface area contributed by atoms with E-state index in [1.54, 1.807) is 5.56 Å². The summed E-state index contributed by atoms with van der Waals surface area (Å²) in [6, 6.07) is 9.35. The molecule has 0 saturated carbocycles. The summed E-state index contributed by atoms with van der Waals surface area (Å²) in [5, 5.41) is 0. The van der Waals surface area contributed by atoms with Crippen molar-refractivity contribution in [3.8, 4) is 22.6 Å². The van der Waals surface area contributed by atoms with Gasteiger partial charge in [-0.2, -0.15) is 0 Å². The Morgan fingerprint density at radius 2 is 1.50 bits per heavy atom. The predicted molar refractivity (Wildman–Crippen MR) is 96.3 cm³/mol. The lowest BCUT2D eigenvalue weighted by atomic mass is 9.81. The third kappa shape index (κ3) is 1.72. The first-order chi connectivity index (χ1) is 11.5. The van der Waals surface area contributed by atoms with Crippen molar-refractivity contribution in [2.24, 2.45) is 5.92 Å². The highest BCUT2D eigenvalue weighted by atomic mass is 16.6. The van der Waals surface area contributed by atoms with Crippen molar-refractivity contribution in [1.82, 2.24) is 0 Å². The van der Waals surface area contributed by atoms with Gasteiger partial charge in [0, 0.05) is 5.41 Å². The molecular weight excluding hydrogens is 296 g/mol. The predicted octanol–water partition coefficient (Wildman–Crippen LogP) is 5.06. The molecular formula is C22H24O2. The van der Waals surface area contributed by atoms with Crippen LogP contribution in [0.4, 0.5) is 0 Å². The molecule has 2 atom stereocenters. The van der Waals surface area contributed by atoms with E-state index in [2.05, 4.69) is 52.0 Å². The van der Waals surface area contributed by atoms with Crippen molar-refractivity contribution in [3.63, 3.8) is 0 Å². The molecule has 24 heavy (non-hydrogen) atoms. The maximum atomic E-state index is 5.83. The Morgan fingerprint density at radius 1 is 0.875 bits per heavy atom. The maximum Gasteiger partial charge on any atom is 0.161 e. The molecule has 2 heteroatoms. The van der Waals surface area contributed by atoms with Crippen LogP contribution in [0.25, 0.3) is 11.1 Å². The van der Waals surface area contributed by atoms with Crippen LogP contribution in [0.1, 0.15) is 55.9 Å². The zero-order valence-electron chi connectivity index (χ0n) is 14.9. The first-order valence-corrected chi connectivity index (χ1v) is 9.08. The largest absolute Gasteiger partial charge is 0.486 e. The Hall–Kier alpha value is -1.96. The van der Waals surface area contributed by atoms with Crippen molar-refractivity contribution in [3.05, 3.63) is 46.5 Å². The van der Waals surface area contributed by atoms with E-state index in [1.165, 1.54) is 34.2 Å². The smallest absolute Gasteiger partial charge is 0.161 e. The van der Waals surface area contributed by atoms with Gasteiger partial charge in [-0.05, 0) is 63.8 Å². The molecule has 0 aromatic heterocycles. The van der Waals surface area contributed by atoms with E-state index >= 15 is 0 Å². The van der Waals surface area contributed by atoms with E-state index < -0.39 is 0 Å². The van der Waals surface area contributed by atoms with Gasteiger partial charge < -0.3 is 9.47 Å². The van der Waals surface area contributed by atoms with Crippen LogP contribution in [0, 0.1) is 5.92 Å². The fraction of sp³-hybridized carbons (Fsp3) is 0.455.